The van der Waals surface area contributed by atoms with Gasteiger partial charge in [-0.1, -0.05) is 18.2 Å². The highest BCUT2D eigenvalue weighted by Gasteiger charge is 2.16. The van der Waals surface area contributed by atoms with E-state index in [1.54, 1.807) is 30.3 Å². The zero-order valence-electron chi connectivity index (χ0n) is 15.1. The maximum Gasteiger partial charge on any atom is 0.412 e. The van der Waals surface area contributed by atoms with Crippen LogP contribution in [0.5, 0.6) is 0 Å². The number of benzene rings is 2. The first-order chi connectivity index (χ1) is 11.6. The lowest BCUT2D eigenvalue weighted by atomic mass is 9.99. The van der Waals surface area contributed by atoms with Crippen molar-refractivity contribution in [3.63, 3.8) is 0 Å². The lowest BCUT2D eigenvalue weighted by Gasteiger charge is -2.20. The minimum atomic E-state index is -0.553. The Kier molecular flexibility index (Phi) is 5.47. The predicted molar refractivity (Wildman–Crippen MR) is 99.9 cm³/mol. The van der Waals surface area contributed by atoms with Crippen LogP contribution in [0.15, 0.2) is 42.5 Å². The summed E-state index contributed by atoms with van der Waals surface area (Å²) in [5, 5.41) is 2.70. The normalized spacial score (nSPS) is 11.0. The summed E-state index contributed by atoms with van der Waals surface area (Å²) in [6, 6.07) is 12.4. The molecule has 0 aliphatic heterocycles. The molecule has 0 atom stereocenters. The summed E-state index contributed by atoms with van der Waals surface area (Å²) in [6.45, 7) is 7.33. The van der Waals surface area contributed by atoms with Crippen LogP contribution in [0.25, 0.3) is 0 Å². The molecule has 0 saturated carbocycles. The van der Waals surface area contributed by atoms with Crippen molar-refractivity contribution in [2.45, 2.75) is 39.7 Å². The van der Waals surface area contributed by atoms with Crippen LogP contribution in [0, 0.1) is 6.92 Å². The molecule has 0 radical (unpaired) electrons. The van der Waals surface area contributed by atoms with Crippen molar-refractivity contribution in [3.05, 3.63) is 59.2 Å². The van der Waals surface area contributed by atoms with Gasteiger partial charge < -0.3 is 10.5 Å². The molecule has 3 N–H and O–H groups in total. The van der Waals surface area contributed by atoms with E-state index >= 15 is 0 Å². The average Bonchev–Trinajstić information content (AvgIpc) is 2.48. The number of amides is 1. The number of nitrogen functional groups attached to an aromatic ring is 1. The number of ether oxygens (including phenoxy) is 1. The number of carbonyl (C=O) groups is 2. The van der Waals surface area contributed by atoms with Gasteiger partial charge in [-0.15, -0.1) is 0 Å². The number of hydrogen-bond acceptors (Lipinski definition) is 4. The highest BCUT2D eigenvalue weighted by Crippen LogP contribution is 2.19. The molecule has 5 nitrogen and oxygen atoms in total. The Bertz CT molecular complexity index is 792. The molecule has 2 rings (SSSR count). The van der Waals surface area contributed by atoms with E-state index in [0.29, 0.717) is 16.9 Å². The second-order valence-corrected chi connectivity index (χ2v) is 6.99. The van der Waals surface area contributed by atoms with Crippen LogP contribution in [0.1, 0.15) is 42.3 Å². The summed E-state index contributed by atoms with van der Waals surface area (Å²) < 4.78 is 5.23. The molecule has 0 fully saturated rings. The number of hydrogen-bond donors (Lipinski definition) is 2. The molecule has 25 heavy (non-hydrogen) atoms. The van der Waals surface area contributed by atoms with Gasteiger partial charge in [0.05, 0.1) is 0 Å². The summed E-state index contributed by atoms with van der Waals surface area (Å²) in [6.07, 6.45) is -0.224. The van der Waals surface area contributed by atoms with Crippen molar-refractivity contribution in [3.8, 4) is 0 Å². The van der Waals surface area contributed by atoms with E-state index in [9.17, 15) is 9.59 Å². The lowest BCUT2D eigenvalue weighted by molar-refractivity contribution is 0.0635. The molecule has 132 valence electrons. The molecule has 0 aromatic heterocycles. The molecule has 2 aromatic rings. The van der Waals surface area contributed by atoms with E-state index < -0.39 is 11.7 Å². The molecule has 0 bridgehead atoms. The number of nitrogens with two attached hydrogens (primary N) is 1. The predicted octanol–water partition coefficient (Wildman–Crippen LogP) is 4.35. The molecule has 2 aromatic carbocycles. The second kappa shape index (κ2) is 7.38. The van der Waals surface area contributed by atoms with Gasteiger partial charge in [0.15, 0.2) is 5.78 Å². The van der Waals surface area contributed by atoms with Crippen LogP contribution in [0.4, 0.5) is 16.2 Å². The molecular weight excluding hydrogens is 316 g/mol. The smallest absolute Gasteiger partial charge is 0.412 e. The van der Waals surface area contributed by atoms with Gasteiger partial charge in [-0.25, -0.2) is 4.79 Å². The number of Topliss-reactive ketones (excluding diaryl/α,β-unsaturated/α-hetero) is 1. The largest absolute Gasteiger partial charge is 0.444 e. The van der Waals surface area contributed by atoms with Gasteiger partial charge in [-0.3, -0.25) is 10.1 Å². The first-order valence-electron chi connectivity index (χ1n) is 8.12. The fourth-order valence-electron chi connectivity index (χ4n) is 2.38. The van der Waals surface area contributed by atoms with Gasteiger partial charge in [-0.2, -0.15) is 0 Å². The van der Waals surface area contributed by atoms with E-state index in [4.69, 9.17) is 10.5 Å². The van der Waals surface area contributed by atoms with Crippen molar-refractivity contribution in [2.75, 3.05) is 11.1 Å². The molecule has 0 heterocycles. The van der Waals surface area contributed by atoms with Gasteiger partial charge >= 0.3 is 6.09 Å². The van der Waals surface area contributed by atoms with E-state index in [0.717, 1.165) is 11.1 Å². The molecule has 0 spiro atoms. The van der Waals surface area contributed by atoms with Crippen molar-refractivity contribution in [1.82, 2.24) is 0 Å². The molecular formula is C20H24N2O3. The summed E-state index contributed by atoms with van der Waals surface area (Å²) in [5.74, 6) is 0.00301. The first-order valence-corrected chi connectivity index (χ1v) is 8.12. The number of anilines is 2. The monoisotopic (exact) mass is 340 g/mol. The van der Waals surface area contributed by atoms with Crippen LogP contribution in [0.3, 0.4) is 0 Å². The highest BCUT2D eigenvalue weighted by atomic mass is 16.6. The van der Waals surface area contributed by atoms with E-state index in [1.165, 1.54) is 0 Å². The minimum absolute atomic E-state index is 0.00301. The summed E-state index contributed by atoms with van der Waals surface area (Å²) >= 11 is 0. The number of nitrogens with one attached hydrogen (secondary N) is 1. The number of rotatable bonds is 4. The molecule has 5 heteroatoms. The van der Waals surface area contributed by atoms with E-state index in [1.807, 2.05) is 39.8 Å². The molecule has 0 saturated heterocycles. The lowest BCUT2D eigenvalue weighted by Crippen LogP contribution is -2.27. The van der Waals surface area contributed by atoms with Gasteiger partial charge in [0, 0.05) is 23.4 Å². The van der Waals surface area contributed by atoms with E-state index in [2.05, 4.69) is 5.32 Å². The van der Waals surface area contributed by atoms with Gasteiger partial charge in [0.25, 0.3) is 0 Å². The zero-order valence-corrected chi connectivity index (χ0v) is 15.1. The molecule has 1 amide bonds. The fraction of sp³-hybridized carbons (Fsp3) is 0.300. The Morgan fingerprint density at radius 1 is 1.12 bits per heavy atom. The maximum absolute atomic E-state index is 12.4. The maximum atomic E-state index is 12.4. The van der Waals surface area contributed by atoms with E-state index in [-0.39, 0.29) is 12.2 Å². The Morgan fingerprint density at radius 3 is 2.44 bits per heavy atom. The Labute approximate surface area is 148 Å². The first kappa shape index (κ1) is 18.5. The molecule has 0 aliphatic carbocycles. The Morgan fingerprint density at radius 2 is 1.84 bits per heavy atom. The Hall–Kier alpha value is -2.82. The van der Waals surface area contributed by atoms with Crippen LogP contribution >= 0.6 is 0 Å². The quantitative estimate of drug-likeness (QED) is 0.640. The van der Waals surface area contributed by atoms with Gasteiger partial charge in [0.2, 0.25) is 0 Å². The summed E-state index contributed by atoms with van der Waals surface area (Å²) in [5.41, 5.74) is 8.79. The minimum Gasteiger partial charge on any atom is -0.444 e. The number of ketones is 1. The van der Waals surface area contributed by atoms with Crippen molar-refractivity contribution in [2.24, 2.45) is 0 Å². The standard InChI is InChI=1S/C20H24N2O3/c1-13-10-17(22-19(24)25-20(2,3)4)9-8-14(13)12-18(23)15-6-5-7-16(21)11-15/h5-11H,12,21H2,1-4H3,(H,22,24). The average molecular weight is 340 g/mol. The molecule has 0 unspecified atom stereocenters. The number of aryl methyl sites for hydroxylation is 1. The third-order valence-electron chi connectivity index (χ3n) is 3.55. The third kappa shape index (κ3) is 5.64. The van der Waals surface area contributed by atoms with Crippen LogP contribution < -0.4 is 11.1 Å². The third-order valence-corrected chi connectivity index (χ3v) is 3.55. The SMILES string of the molecule is Cc1cc(NC(=O)OC(C)(C)C)ccc1CC(=O)c1cccc(N)c1. The van der Waals surface area contributed by atoms with Crippen LogP contribution in [-0.4, -0.2) is 17.5 Å². The van der Waals surface area contributed by atoms with Crippen molar-refractivity contribution in [1.29, 1.82) is 0 Å². The van der Waals surface area contributed by atoms with Crippen molar-refractivity contribution >= 4 is 23.3 Å². The summed E-state index contributed by atoms with van der Waals surface area (Å²) in [7, 11) is 0. The topological polar surface area (TPSA) is 81.4 Å². The highest BCUT2D eigenvalue weighted by molar-refractivity contribution is 5.98. The Balaban J connectivity index is 2.06. The van der Waals surface area contributed by atoms with Crippen LogP contribution in [0.2, 0.25) is 0 Å². The molecule has 0 aliphatic rings. The second-order valence-electron chi connectivity index (χ2n) is 6.99. The van der Waals surface area contributed by atoms with Crippen LogP contribution in [-0.2, 0) is 11.2 Å². The zero-order chi connectivity index (χ0) is 18.6. The summed E-state index contributed by atoms with van der Waals surface area (Å²) in [4.78, 5) is 24.2. The fourth-order valence-corrected chi connectivity index (χ4v) is 2.38. The van der Waals surface area contributed by atoms with Gasteiger partial charge in [-0.05, 0) is 63.1 Å². The van der Waals surface area contributed by atoms with Gasteiger partial charge in [0.1, 0.15) is 5.60 Å². The number of carbonyl (C=O) groups excluding carboxylic acids is 2. The van der Waals surface area contributed by atoms with Crippen molar-refractivity contribution < 1.29 is 14.3 Å².